The molecule has 0 spiro atoms. The van der Waals surface area contributed by atoms with E-state index in [1.54, 1.807) is 0 Å². The van der Waals surface area contributed by atoms with E-state index in [2.05, 4.69) is 55.1 Å². The van der Waals surface area contributed by atoms with Gasteiger partial charge >= 0.3 is 0 Å². The summed E-state index contributed by atoms with van der Waals surface area (Å²) in [7, 11) is 0. The number of allylic oxidation sites excluding steroid dienone is 1. The van der Waals surface area contributed by atoms with Crippen LogP contribution in [0.25, 0.3) is 11.1 Å². The van der Waals surface area contributed by atoms with Crippen LogP contribution in [-0.2, 0) is 0 Å². The summed E-state index contributed by atoms with van der Waals surface area (Å²) in [4.78, 5) is 0. The van der Waals surface area contributed by atoms with Gasteiger partial charge in [-0.05, 0) is 35.1 Å². The van der Waals surface area contributed by atoms with Gasteiger partial charge in [0.25, 0.3) is 0 Å². The van der Waals surface area contributed by atoms with E-state index in [0.29, 0.717) is 5.92 Å². The van der Waals surface area contributed by atoms with Crippen molar-refractivity contribution in [3.8, 4) is 11.1 Å². The topological polar surface area (TPSA) is 0 Å². The average molecular weight is 220 g/mol. The van der Waals surface area contributed by atoms with Crippen molar-refractivity contribution >= 4 is 0 Å². The standard InChI is InChI=1S/C17H16/c1-2-3-8-13-14-9-4-6-11-16(14)17-12-7-5-10-15(13)17/h2,4-7,9-13H,1,3,8H2. The number of hydrogen-bond donors (Lipinski definition) is 0. The van der Waals surface area contributed by atoms with E-state index in [1.807, 2.05) is 6.08 Å². The second-order valence-electron chi connectivity index (χ2n) is 4.59. The summed E-state index contributed by atoms with van der Waals surface area (Å²) in [5.41, 5.74) is 5.79. The van der Waals surface area contributed by atoms with Gasteiger partial charge in [-0.3, -0.25) is 0 Å². The number of rotatable bonds is 3. The van der Waals surface area contributed by atoms with Gasteiger partial charge in [-0.15, -0.1) is 6.58 Å². The van der Waals surface area contributed by atoms with Crippen LogP contribution >= 0.6 is 0 Å². The van der Waals surface area contributed by atoms with Crippen molar-refractivity contribution < 1.29 is 0 Å². The third kappa shape index (κ3) is 1.61. The molecule has 84 valence electrons. The lowest BCUT2D eigenvalue weighted by atomic mass is 9.92. The van der Waals surface area contributed by atoms with Crippen molar-refractivity contribution in [3.05, 3.63) is 72.3 Å². The first-order chi connectivity index (χ1) is 8.42. The minimum Gasteiger partial charge on any atom is -0.103 e. The molecule has 0 heteroatoms. The fourth-order valence-corrected chi connectivity index (χ4v) is 2.86. The van der Waals surface area contributed by atoms with Crippen LogP contribution in [0.1, 0.15) is 29.9 Å². The molecule has 0 radical (unpaired) electrons. The van der Waals surface area contributed by atoms with E-state index in [-0.39, 0.29) is 0 Å². The van der Waals surface area contributed by atoms with Gasteiger partial charge in [0.05, 0.1) is 0 Å². The summed E-state index contributed by atoms with van der Waals surface area (Å²) in [5.74, 6) is 0.556. The molecule has 0 amide bonds. The molecule has 0 heterocycles. The van der Waals surface area contributed by atoms with E-state index < -0.39 is 0 Å². The molecule has 0 aliphatic heterocycles. The van der Waals surface area contributed by atoms with Crippen LogP contribution in [0.2, 0.25) is 0 Å². The quantitative estimate of drug-likeness (QED) is 0.654. The highest BCUT2D eigenvalue weighted by Gasteiger charge is 2.26. The Hall–Kier alpha value is -1.82. The van der Waals surface area contributed by atoms with Crippen molar-refractivity contribution in [1.29, 1.82) is 0 Å². The third-order valence-corrected chi connectivity index (χ3v) is 3.62. The largest absolute Gasteiger partial charge is 0.103 e. The summed E-state index contributed by atoms with van der Waals surface area (Å²) in [5, 5.41) is 0. The highest BCUT2D eigenvalue weighted by Crippen LogP contribution is 2.46. The molecule has 0 atom stereocenters. The van der Waals surface area contributed by atoms with Gasteiger partial charge in [0.15, 0.2) is 0 Å². The highest BCUT2D eigenvalue weighted by molar-refractivity contribution is 5.78. The van der Waals surface area contributed by atoms with E-state index >= 15 is 0 Å². The zero-order chi connectivity index (χ0) is 11.7. The molecule has 0 saturated carbocycles. The maximum absolute atomic E-state index is 3.83. The van der Waals surface area contributed by atoms with Crippen LogP contribution in [0, 0.1) is 0 Å². The van der Waals surface area contributed by atoms with Crippen LogP contribution in [-0.4, -0.2) is 0 Å². The van der Waals surface area contributed by atoms with Crippen LogP contribution in [0.3, 0.4) is 0 Å². The smallest absolute Gasteiger partial charge is 0.0105 e. The molecule has 0 nitrogen and oxygen atoms in total. The molecular weight excluding hydrogens is 204 g/mol. The lowest BCUT2D eigenvalue weighted by molar-refractivity contribution is 0.744. The Kier molecular flexibility index (Phi) is 2.56. The lowest BCUT2D eigenvalue weighted by Gasteiger charge is -2.11. The Balaban J connectivity index is 2.13. The molecule has 0 bridgehead atoms. The van der Waals surface area contributed by atoms with Gasteiger partial charge in [0, 0.05) is 5.92 Å². The first-order valence-electron chi connectivity index (χ1n) is 6.21. The Morgan fingerprint density at radius 1 is 0.882 bits per heavy atom. The SMILES string of the molecule is C=CCCC1c2ccccc2-c2ccccc21. The maximum atomic E-state index is 3.83. The Labute approximate surface area is 103 Å². The Morgan fingerprint density at radius 3 is 1.94 bits per heavy atom. The van der Waals surface area contributed by atoms with E-state index in [9.17, 15) is 0 Å². The van der Waals surface area contributed by atoms with E-state index in [4.69, 9.17) is 0 Å². The molecule has 1 aliphatic rings. The van der Waals surface area contributed by atoms with Gasteiger partial charge in [0.2, 0.25) is 0 Å². The molecule has 0 saturated heterocycles. The third-order valence-electron chi connectivity index (χ3n) is 3.62. The van der Waals surface area contributed by atoms with Crippen LogP contribution in [0.5, 0.6) is 0 Å². The normalized spacial score (nSPS) is 13.2. The molecule has 2 aromatic carbocycles. The van der Waals surface area contributed by atoms with Gasteiger partial charge in [-0.25, -0.2) is 0 Å². The number of benzene rings is 2. The first kappa shape index (κ1) is 10.3. The fraction of sp³-hybridized carbons (Fsp3) is 0.176. The highest BCUT2D eigenvalue weighted by atomic mass is 14.3. The van der Waals surface area contributed by atoms with Crippen molar-refractivity contribution in [2.45, 2.75) is 18.8 Å². The van der Waals surface area contributed by atoms with E-state index in [1.165, 1.54) is 22.3 Å². The molecule has 0 N–H and O–H groups in total. The van der Waals surface area contributed by atoms with Gasteiger partial charge < -0.3 is 0 Å². The van der Waals surface area contributed by atoms with Gasteiger partial charge in [-0.2, -0.15) is 0 Å². The summed E-state index contributed by atoms with van der Waals surface area (Å²) in [6, 6.07) is 17.6. The average Bonchev–Trinajstić information content (AvgIpc) is 2.71. The number of fused-ring (bicyclic) bond motifs is 3. The Bertz CT molecular complexity index is 506. The van der Waals surface area contributed by atoms with Crippen molar-refractivity contribution in [2.75, 3.05) is 0 Å². The summed E-state index contributed by atoms with van der Waals surface area (Å²) < 4.78 is 0. The molecule has 17 heavy (non-hydrogen) atoms. The van der Waals surface area contributed by atoms with Crippen molar-refractivity contribution in [2.24, 2.45) is 0 Å². The number of hydrogen-bond acceptors (Lipinski definition) is 0. The Morgan fingerprint density at radius 2 is 1.41 bits per heavy atom. The minimum atomic E-state index is 0.556. The first-order valence-corrected chi connectivity index (χ1v) is 6.21. The second kappa shape index (κ2) is 4.21. The van der Waals surface area contributed by atoms with Crippen LogP contribution < -0.4 is 0 Å². The predicted octanol–water partition coefficient (Wildman–Crippen LogP) is 4.77. The monoisotopic (exact) mass is 220 g/mol. The molecule has 0 fully saturated rings. The lowest BCUT2D eigenvalue weighted by Crippen LogP contribution is -1.95. The van der Waals surface area contributed by atoms with Crippen molar-refractivity contribution in [1.82, 2.24) is 0 Å². The zero-order valence-corrected chi connectivity index (χ0v) is 9.89. The summed E-state index contributed by atoms with van der Waals surface area (Å²) >= 11 is 0. The zero-order valence-electron chi connectivity index (χ0n) is 9.89. The molecule has 0 aromatic heterocycles. The summed E-state index contributed by atoms with van der Waals surface area (Å²) in [6.07, 6.45) is 4.26. The molecule has 0 unspecified atom stereocenters. The molecular formula is C17H16. The summed E-state index contributed by atoms with van der Waals surface area (Å²) in [6.45, 7) is 3.83. The molecule has 3 rings (SSSR count). The molecule has 2 aromatic rings. The minimum absolute atomic E-state index is 0.556. The van der Waals surface area contributed by atoms with Crippen LogP contribution in [0.15, 0.2) is 61.2 Å². The predicted molar refractivity (Wildman–Crippen MR) is 73.2 cm³/mol. The second-order valence-corrected chi connectivity index (χ2v) is 4.59. The maximum Gasteiger partial charge on any atom is 0.0105 e. The van der Waals surface area contributed by atoms with Gasteiger partial charge in [-0.1, -0.05) is 54.6 Å². The fourth-order valence-electron chi connectivity index (χ4n) is 2.86. The van der Waals surface area contributed by atoms with Crippen molar-refractivity contribution in [3.63, 3.8) is 0 Å². The van der Waals surface area contributed by atoms with E-state index in [0.717, 1.165) is 12.8 Å². The molecule has 1 aliphatic carbocycles. The van der Waals surface area contributed by atoms with Crippen LogP contribution in [0.4, 0.5) is 0 Å². The van der Waals surface area contributed by atoms with Gasteiger partial charge in [0.1, 0.15) is 0 Å².